The van der Waals surface area contributed by atoms with E-state index in [2.05, 4.69) is 0 Å². The lowest BCUT2D eigenvalue weighted by Crippen LogP contribution is -2.15. The van der Waals surface area contributed by atoms with Crippen LogP contribution in [0.2, 0.25) is 10.0 Å². The third-order valence-electron chi connectivity index (χ3n) is 2.42. The smallest absolute Gasteiger partial charge is 0.265 e. The third kappa shape index (κ3) is 3.55. The monoisotopic (exact) mass is 352 g/mol. The predicted molar refractivity (Wildman–Crippen MR) is 78.0 cm³/mol. The van der Waals surface area contributed by atoms with Crippen LogP contribution in [0, 0.1) is 11.6 Å². The maximum absolute atomic E-state index is 13.1. The molecule has 0 saturated heterocycles. The molecule has 3 N–H and O–H groups in total. The largest absolute Gasteiger partial charge is 0.398 e. The molecule has 0 fully saturated rings. The van der Waals surface area contributed by atoms with E-state index in [1.165, 1.54) is 12.1 Å². The number of nitrogen functional groups attached to an aromatic ring is 1. The molecule has 4 nitrogen and oxygen atoms in total. The van der Waals surface area contributed by atoms with Crippen LogP contribution in [-0.2, 0) is 10.0 Å². The van der Waals surface area contributed by atoms with Gasteiger partial charge in [0.25, 0.3) is 10.0 Å². The zero-order valence-electron chi connectivity index (χ0n) is 10.2. The van der Waals surface area contributed by atoms with E-state index in [0.717, 1.165) is 12.1 Å². The minimum Gasteiger partial charge on any atom is -0.398 e. The van der Waals surface area contributed by atoms with Gasteiger partial charge in [0, 0.05) is 11.1 Å². The number of hydrogen-bond donors (Lipinski definition) is 2. The second-order valence-electron chi connectivity index (χ2n) is 4.07. The standard InChI is InChI=1S/C12H8Cl2F2N2O2S/c13-6-1-10(14)12(11(17)2-6)21(19,20)18-9-4-7(15)3-8(16)5-9/h1-5,18H,17H2. The second-order valence-corrected chi connectivity index (χ2v) is 6.53. The fourth-order valence-electron chi connectivity index (χ4n) is 1.68. The highest BCUT2D eigenvalue weighted by atomic mass is 35.5. The van der Waals surface area contributed by atoms with Gasteiger partial charge < -0.3 is 5.73 Å². The van der Waals surface area contributed by atoms with Gasteiger partial charge in [0.05, 0.1) is 16.4 Å². The summed E-state index contributed by atoms with van der Waals surface area (Å²) in [6, 6.07) is 4.65. The molecule has 0 spiro atoms. The number of halogens is 4. The molecule has 0 radical (unpaired) electrons. The van der Waals surface area contributed by atoms with Crippen molar-refractivity contribution in [3.05, 3.63) is 52.0 Å². The first-order chi connectivity index (χ1) is 9.69. The van der Waals surface area contributed by atoms with Gasteiger partial charge in [-0.2, -0.15) is 0 Å². The Balaban J connectivity index is 2.48. The minimum absolute atomic E-state index is 0.160. The molecule has 112 valence electrons. The lowest BCUT2D eigenvalue weighted by molar-refractivity contribution is 0.584. The molecule has 0 atom stereocenters. The zero-order valence-corrected chi connectivity index (χ0v) is 12.5. The summed E-state index contributed by atoms with van der Waals surface area (Å²) in [5.74, 6) is -1.86. The van der Waals surface area contributed by atoms with Gasteiger partial charge in [-0.3, -0.25) is 4.72 Å². The van der Waals surface area contributed by atoms with Crippen molar-refractivity contribution < 1.29 is 17.2 Å². The van der Waals surface area contributed by atoms with Crippen LogP contribution in [0.1, 0.15) is 0 Å². The quantitative estimate of drug-likeness (QED) is 0.828. The van der Waals surface area contributed by atoms with Crippen LogP contribution in [0.15, 0.2) is 35.2 Å². The molecule has 0 unspecified atom stereocenters. The van der Waals surface area contributed by atoms with E-state index in [1.54, 1.807) is 0 Å². The van der Waals surface area contributed by atoms with Crippen molar-refractivity contribution in [3.63, 3.8) is 0 Å². The second kappa shape index (κ2) is 5.67. The van der Waals surface area contributed by atoms with Crippen molar-refractivity contribution in [2.75, 3.05) is 10.5 Å². The Morgan fingerprint density at radius 3 is 2.10 bits per heavy atom. The molecule has 0 aliphatic rings. The van der Waals surface area contributed by atoms with Crippen molar-refractivity contribution in [1.29, 1.82) is 0 Å². The molecule has 9 heteroatoms. The van der Waals surface area contributed by atoms with Gasteiger partial charge >= 0.3 is 0 Å². The number of nitrogens with two attached hydrogens (primary N) is 1. The Kier molecular flexibility index (Phi) is 4.27. The first-order valence-electron chi connectivity index (χ1n) is 5.42. The first kappa shape index (κ1) is 15.8. The molecule has 0 aliphatic heterocycles. The lowest BCUT2D eigenvalue weighted by atomic mass is 10.3. The number of hydrogen-bond acceptors (Lipinski definition) is 3. The van der Waals surface area contributed by atoms with Crippen LogP contribution in [-0.4, -0.2) is 8.42 Å². The third-order valence-corrected chi connectivity index (χ3v) is 4.55. The van der Waals surface area contributed by atoms with Crippen LogP contribution < -0.4 is 10.5 Å². The molecular weight excluding hydrogens is 345 g/mol. The summed E-state index contributed by atoms with van der Waals surface area (Å²) >= 11 is 11.5. The van der Waals surface area contributed by atoms with Crippen LogP contribution in [0.3, 0.4) is 0 Å². The Hall–Kier alpha value is -1.57. The van der Waals surface area contributed by atoms with Gasteiger partial charge in [0.1, 0.15) is 16.5 Å². The Morgan fingerprint density at radius 1 is 1.00 bits per heavy atom. The van der Waals surface area contributed by atoms with Crippen LogP contribution >= 0.6 is 23.2 Å². The van der Waals surface area contributed by atoms with Gasteiger partial charge in [-0.05, 0) is 24.3 Å². The normalized spacial score (nSPS) is 11.4. The molecule has 0 saturated carbocycles. The molecule has 21 heavy (non-hydrogen) atoms. The van der Waals surface area contributed by atoms with Crippen molar-refractivity contribution >= 4 is 44.6 Å². The number of rotatable bonds is 3. The zero-order chi connectivity index (χ0) is 15.8. The molecule has 2 rings (SSSR count). The van der Waals surface area contributed by atoms with E-state index >= 15 is 0 Å². The topological polar surface area (TPSA) is 72.2 Å². The van der Waals surface area contributed by atoms with Crippen molar-refractivity contribution in [3.8, 4) is 0 Å². The lowest BCUT2D eigenvalue weighted by Gasteiger charge is -2.12. The molecule has 0 aromatic heterocycles. The molecule has 2 aromatic carbocycles. The highest BCUT2D eigenvalue weighted by molar-refractivity contribution is 7.93. The highest BCUT2D eigenvalue weighted by Crippen LogP contribution is 2.32. The van der Waals surface area contributed by atoms with Gasteiger partial charge in [0.2, 0.25) is 0 Å². The molecule has 0 aliphatic carbocycles. The molecule has 0 heterocycles. The number of benzene rings is 2. The number of nitrogens with one attached hydrogen (secondary N) is 1. The van der Waals surface area contributed by atoms with E-state index in [4.69, 9.17) is 28.9 Å². The van der Waals surface area contributed by atoms with Crippen molar-refractivity contribution in [2.24, 2.45) is 0 Å². The van der Waals surface area contributed by atoms with Crippen LogP contribution in [0.5, 0.6) is 0 Å². The Morgan fingerprint density at radius 2 is 1.57 bits per heavy atom. The summed E-state index contributed by atoms with van der Waals surface area (Å²) in [6.45, 7) is 0. The van der Waals surface area contributed by atoms with Gasteiger partial charge in [0.15, 0.2) is 0 Å². The van der Waals surface area contributed by atoms with Crippen LogP contribution in [0.25, 0.3) is 0 Å². The maximum Gasteiger partial charge on any atom is 0.265 e. The van der Waals surface area contributed by atoms with E-state index in [1.807, 2.05) is 4.72 Å². The number of sulfonamides is 1. The Bertz CT molecular complexity index is 770. The minimum atomic E-state index is -4.22. The van der Waals surface area contributed by atoms with E-state index in [9.17, 15) is 17.2 Å². The van der Waals surface area contributed by atoms with E-state index in [-0.39, 0.29) is 21.4 Å². The SMILES string of the molecule is Nc1cc(Cl)cc(Cl)c1S(=O)(=O)Nc1cc(F)cc(F)c1. The highest BCUT2D eigenvalue weighted by Gasteiger charge is 2.22. The van der Waals surface area contributed by atoms with E-state index in [0.29, 0.717) is 6.07 Å². The van der Waals surface area contributed by atoms with Gasteiger partial charge in [-0.1, -0.05) is 23.2 Å². The number of anilines is 2. The fraction of sp³-hybridized carbons (Fsp3) is 0. The van der Waals surface area contributed by atoms with E-state index < -0.39 is 26.6 Å². The average molecular weight is 353 g/mol. The summed E-state index contributed by atoms with van der Waals surface area (Å²) in [5.41, 5.74) is 5.11. The molecule has 0 amide bonds. The summed E-state index contributed by atoms with van der Waals surface area (Å²) < 4.78 is 52.6. The molecule has 0 bridgehead atoms. The van der Waals surface area contributed by atoms with Crippen molar-refractivity contribution in [2.45, 2.75) is 4.90 Å². The predicted octanol–water partition coefficient (Wildman–Crippen LogP) is 3.65. The summed E-state index contributed by atoms with van der Waals surface area (Å²) in [7, 11) is -4.22. The van der Waals surface area contributed by atoms with Crippen molar-refractivity contribution in [1.82, 2.24) is 0 Å². The average Bonchev–Trinajstić information content (AvgIpc) is 2.23. The van der Waals surface area contributed by atoms with Crippen LogP contribution in [0.4, 0.5) is 20.2 Å². The van der Waals surface area contributed by atoms with Gasteiger partial charge in [-0.15, -0.1) is 0 Å². The summed E-state index contributed by atoms with van der Waals surface area (Å²) in [5, 5.41) is -0.0439. The fourth-order valence-corrected chi connectivity index (χ4v) is 3.71. The molecular formula is C12H8Cl2F2N2O2S. The Labute approximate surface area is 129 Å². The summed E-state index contributed by atoms with van der Waals surface area (Å²) in [6.07, 6.45) is 0. The first-order valence-corrected chi connectivity index (χ1v) is 7.66. The molecule has 2 aromatic rings. The van der Waals surface area contributed by atoms with Gasteiger partial charge in [-0.25, -0.2) is 17.2 Å². The maximum atomic E-state index is 13.1. The summed E-state index contributed by atoms with van der Waals surface area (Å²) in [4.78, 5) is -0.418.